The first-order chi connectivity index (χ1) is 10.6. The summed E-state index contributed by atoms with van der Waals surface area (Å²) in [5.41, 5.74) is 0. The van der Waals surface area contributed by atoms with Gasteiger partial charge in [-0.2, -0.15) is 38.4 Å². The van der Waals surface area contributed by atoms with Crippen molar-refractivity contribution in [1.82, 2.24) is 6.15 Å². The zero-order valence-corrected chi connectivity index (χ0v) is 35.2. The maximum absolute atomic E-state index is 8.64. The standard InChI is InChI=1S/CH2O3.4CO2.11CH4.ClH.H3N.6Na.H2O4S.4H2O.Y/c2-1-4-3;4*2-1-3;;;;;;;;;;;;;;;;;;;;1-5(2,3)4;;;;;/h1,3H;;;;;11*1H4;1H;1H3;;;;;;;(H2,1,2,3,4);4*1H2;/q;;;;;;;;;;;;;;;;;;;;4*+1;;;;;;/p-4. The number of rotatable bonds is 1. The van der Waals surface area contributed by atoms with E-state index in [0.717, 1.165) is 0 Å². The summed E-state index contributed by atoms with van der Waals surface area (Å²) in [5, 5.41) is 8.43. The molecule has 0 rings (SSSR count). The van der Waals surface area contributed by atoms with Crippen LogP contribution in [0.3, 0.4) is 0 Å². The van der Waals surface area contributed by atoms with Crippen LogP contribution in [0.15, 0.2) is 0 Å². The van der Waals surface area contributed by atoms with E-state index in [4.69, 9.17) is 65.9 Å². The maximum Gasteiger partial charge on any atom is 0 e. The van der Waals surface area contributed by atoms with Crippen molar-refractivity contribution in [2.75, 3.05) is 0 Å². The monoisotopic (exact) mass is 860 g/mol. The molecule has 0 unspecified atom stereocenters. The Morgan fingerprint density at radius 1 is 0.511 bits per heavy atom. The van der Waals surface area contributed by atoms with Crippen LogP contribution >= 0.6 is 0 Å². The Bertz CT molecular complexity index is 430. The molecule has 0 heterocycles. The van der Waals surface area contributed by atoms with Crippen molar-refractivity contribution in [2.45, 2.75) is 81.7 Å². The molecule has 29 heteroatoms. The minimum atomic E-state index is -5.17. The molecule has 0 bridgehead atoms. The Morgan fingerprint density at radius 3 is 0.533 bits per heavy atom. The molecule has 0 aliphatic rings. The van der Waals surface area contributed by atoms with Crippen LogP contribution in [0.1, 0.15) is 81.7 Å². The molecule has 0 amide bonds. The Kier molecular flexibility index (Phi) is 2590. The molecule has 20 nitrogen and oxygen atoms in total. The van der Waals surface area contributed by atoms with Crippen LogP contribution < -0.4 is 142 Å². The van der Waals surface area contributed by atoms with Gasteiger partial charge in [0.05, 0.1) is 0 Å². The van der Waals surface area contributed by atoms with Crippen molar-refractivity contribution in [2.24, 2.45) is 0 Å². The first-order valence-electron chi connectivity index (χ1n) is 3.94. The van der Waals surface area contributed by atoms with E-state index in [2.05, 4.69) is 4.89 Å². The van der Waals surface area contributed by atoms with Gasteiger partial charge in [-0.1, -0.05) is 81.7 Å². The molecule has 11 N–H and O–H groups in total. The van der Waals surface area contributed by atoms with Crippen molar-refractivity contribution >= 4 is 85.1 Å². The Labute approximate surface area is 421 Å². The number of carbonyl (C=O) groups excluding carboxylic acids is 9. The van der Waals surface area contributed by atoms with Gasteiger partial charge >= 0.3 is 186 Å². The molecule has 0 aromatic rings. The van der Waals surface area contributed by atoms with E-state index in [-0.39, 0.29) is 304 Å². The van der Waals surface area contributed by atoms with Crippen molar-refractivity contribution in [3.63, 3.8) is 0 Å². The van der Waals surface area contributed by atoms with E-state index in [9.17, 15) is 0 Å². The maximum atomic E-state index is 8.64. The van der Waals surface area contributed by atoms with E-state index < -0.39 is 10.4 Å². The largest absolute Gasteiger partial charge is 0 e. The van der Waals surface area contributed by atoms with Crippen LogP contribution in [-0.2, 0) is 91.1 Å². The molecule has 0 aliphatic carbocycles. The summed E-state index contributed by atoms with van der Waals surface area (Å²) in [6.07, 6.45) is 1.00. The second kappa shape index (κ2) is 414. The second-order valence-electron chi connectivity index (χ2n) is 0.934. The number of hydrogen-bond donors (Lipinski definition) is 1. The molecule has 261 valence electrons. The normalized spacial score (nSPS) is 2.64. The van der Waals surface area contributed by atoms with Crippen LogP contribution in [0, 0.1) is 0 Å². The van der Waals surface area contributed by atoms with Gasteiger partial charge in [0.1, 0.15) is 0 Å². The smallest absolute Gasteiger partial charge is 0 e. The van der Waals surface area contributed by atoms with Gasteiger partial charge in [0.2, 0.25) is 0 Å². The molecule has 0 spiro atoms. The summed E-state index contributed by atoms with van der Waals surface area (Å²) in [4.78, 5) is 76.2. The van der Waals surface area contributed by atoms with Crippen molar-refractivity contribution in [1.29, 1.82) is 0 Å². The van der Waals surface area contributed by atoms with Crippen molar-refractivity contribution < 1.29 is 256 Å². The predicted molar refractivity (Wildman–Crippen MR) is 143 cm³/mol. The summed E-state index contributed by atoms with van der Waals surface area (Å²) in [5.74, 6) is 0. The van der Waals surface area contributed by atoms with Gasteiger partial charge in [-0.15, -0.1) is 0 Å². The zero-order chi connectivity index (χ0) is 20.7. The predicted octanol–water partition coefficient (Wildman–Crippen LogP) is -17.1. The summed E-state index contributed by atoms with van der Waals surface area (Å²) < 4.78 is 34.1. The van der Waals surface area contributed by atoms with E-state index in [0.29, 0.717) is 0 Å². The summed E-state index contributed by atoms with van der Waals surface area (Å²) >= 11 is 2.89. The molecule has 0 aromatic heterocycles. The Hall–Kier alpha value is 4.01. The molecule has 0 atom stereocenters. The molecule has 45 heavy (non-hydrogen) atoms. The fourth-order valence-corrected chi connectivity index (χ4v) is 0. The van der Waals surface area contributed by atoms with E-state index >= 15 is 0 Å². The molecule has 1 radical (unpaired) electrons. The summed E-state index contributed by atoms with van der Waals surface area (Å²) in [6, 6.07) is 0. The number of carbonyl (C=O) groups is 1. The third-order valence-electron chi connectivity index (χ3n) is 0.0393. The summed E-state index contributed by atoms with van der Waals surface area (Å²) in [7, 11) is -5.17. The average Bonchev–Trinajstić information content (AvgIpc) is 2.42. The molecule has 0 saturated carbocycles. The van der Waals surface area contributed by atoms with Gasteiger partial charge in [0, 0.05) is 43.1 Å². The quantitative estimate of drug-likeness (QED) is 0.0639. The molecule has 0 fully saturated rings. The minimum Gasteiger partial charge on any atom is 0 e. The molecule has 0 aromatic carbocycles. The number of hydrogen-bond acceptors (Lipinski definition) is 16. The van der Waals surface area contributed by atoms with Gasteiger partial charge in [0.15, 0.2) is 0 Å². The van der Waals surface area contributed by atoms with Crippen molar-refractivity contribution in [3.05, 3.63) is 0 Å². The molecular weight excluding hydrogens is 805 g/mol. The molecular formula is C16H56ClNNa6O19SY. The molecule has 0 aliphatic heterocycles. The third-order valence-corrected chi connectivity index (χ3v) is 0.0393. The van der Waals surface area contributed by atoms with E-state index in [1.54, 1.807) is 0 Å². The van der Waals surface area contributed by atoms with Gasteiger partial charge in [-0.25, -0.2) is 0 Å². The molecule has 0 saturated heterocycles. The van der Waals surface area contributed by atoms with Crippen LogP contribution in [0.5, 0.6) is 0 Å². The average molecular weight is 861 g/mol. The first kappa shape index (κ1) is 282. The number of halogens is 1. The second-order valence-corrected chi connectivity index (χ2v) is 1.75. The SMILES string of the molecule is C.C.C.C.C.C.C.C.C.C.C.N.O.O.O.O.O=C=O.O=C=O.O=C=O.O=C=O.O=CO[O-].O=S(=O)([O-])[O-].[Cl-].[Na+].[Na+].[Na+].[Na+].[Na][Na].[Y]. The van der Waals surface area contributed by atoms with Crippen LogP contribution in [0.2, 0.25) is 0 Å². The van der Waals surface area contributed by atoms with Crippen LogP contribution in [0.25, 0.3) is 0 Å². The Balaban J connectivity index is -0.00000000229. The van der Waals surface area contributed by atoms with E-state index in [1.165, 1.54) is 43.6 Å². The Morgan fingerprint density at radius 2 is 0.533 bits per heavy atom. The minimum absolute atomic E-state index is 0. The van der Waals surface area contributed by atoms with Crippen LogP contribution in [-0.4, -0.2) is 114 Å². The summed E-state index contributed by atoms with van der Waals surface area (Å²) in [6.45, 7) is -0.181. The fraction of sp³-hybridized carbons (Fsp3) is 0.688. The van der Waals surface area contributed by atoms with Gasteiger partial charge < -0.3 is 59.7 Å². The van der Waals surface area contributed by atoms with Gasteiger partial charge in [-0.3, -0.25) is 13.2 Å². The van der Waals surface area contributed by atoms with Gasteiger partial charge in [-0.05, 0) is 0 Å². The van der Waals surface area contributed by atoms with E-state index in [1.807, 2.05) is 0 Å². The third kappa shape index (κ3) is 4040. The van der Waals surface area contributed by atoms with Crippen LogP contribution in [0.4, 0.5) is 0 Å². The topological polar surface area (TPSA) is 427 Å². The zero-order valence-electron chi connectivity index (χ0n) is 18.8. The van der Waals surface area contributed by atoms with Crippen molar-refractivity contribution in [3.8, 4) is 0 Å². The van der Waals surface area contributed by atoms with Gasteiger partial charge in [0.25, 0.3) is 6.47 Å². The first-order valence-corrected chi connectivity index (χ1v) is 13.3. The fourth-order valence-electron chi connectivity index (χ4n) is 0.